The molecule has 16 heavy (non-hydrogen) atoms. The van der Waals surface area contributed by atoms with Gasteiger partial charge in [-0.25, -0.2) is 4.98 Å². The molecule has 78 valence electrons. The summed E-state index contributed by atoms with van der Waals surface area (Å²) in [5, 5.41) is 2.39. The molecule has 0 N–H and O–H groups in total. The molecule has 0 fully saturated rings. The minimum Gasteiger partial charge on any atom is -0.439 e. The van der Waals surface area contributed by atoms with Crippen molar-refractivity contribution < 1.29 is 4.42 Å². The summed E-state index contributed by atoms with van der Waals surface area (Å²) in [5.41, 5.74) is 1.94. The van der Waals surface area contributed by atoms with Gasteiger partial charge in [-0.3, -0.25) is 0 Å². The highest BCUT2D eigenvalue weighted by atomic mass is 79.9. The molecular formula is C13H8BrNO. The fraction of sp³-hybridized carbons (Fsp3) is 0. The van der Waals surface area contributed by atoms with E-state index >= 15 is 0 Å². The lowest BCUT2D eigenvalue weighted by Gasteiger charge is -2.02. The maximum absolute atomic E-state index is 5.17. The number of rotatable bonds is 1. The number of aromatic nitrogens is 1. The van der Waals surface area contributed by atoms with Gasteiger partial charge >= 0.3 is 0 Å². The molecule has 0 aliphatic heterocycles. The molecule has 1 heterocycles. The van der Waals surface area contributed by atoms with Crippen molar-refractivity contribution in [2.75, 3.05) is 0 Å². The molecule has 2 aromatic carbocycles. The summed E-state index contributed by atoms with van der Waals surface area (Å²) in [6, 6.07) is 14.4. The van der Waals surface area contributed by atoms with Gasteiger partial charge in [0.25, 0.3) is 4.80 Å². The highest BCUT2D eigenvalue weighted by Crippen LogP contribution is 2.28. The Balaban J connectivity index is 2.31. The van der Waals surface area contributed by atoms with Crippen LogP contribution in [-0.4, -0.2) is 4.98 Å². The highest BCUT2D eigenvalue weighted by Gasteiger charge is 2.07. The fourth-order valence-electron chi connectivity index (χ4n) is 1.82. The van der Waals surface area contributed by atoms with E-state index in [9.17, 15) is 0 Å². The average Bonchev–Trinajstić information content (AvgIpc) is 2.75. The molecule has 0 bridgehead atoms. The largest absolute Gasteiger partial charge is 0.439 e. The fourth-order valence-corrected chi connectivity index (χ4v) is 2.11. The van der Waals surface area contributed by atoms with E-state index in [2.05, 4.69) is 39.1 Å². The quantitative estimate of drug-likeness (QED) is 0.662. The maximum Gasteiger partial charge on any atom is 0.264 e. The molecule has 0 saturated heterocycles. The van der Waals surface area contributed by atoms with Gasteiger partial charge in [-0.15, -0.1) is 0 Å². The average molecular weight is 274 g/mol. The van der Waals surface area contributed by atoms with Gasteiger partial charge in [0.1, 0.15) is 12.0 Å². The molecule has 3 heteroatoms. The molecule has 0 aliphatic rings. The van der Waals surface area contributed by atoms with Crippen LogP contribution in [0.4, 0.5) is 0 Å². The first-order valence-electron chi connectivity index (χ1n) is 4.94. The zero-order chi connectivity index (χ0) is 11.0. The Hall–Kier alpha value is -1.61. The topological polar surface area (TPSA) is 26.0 Å². The van der Waals surface area contributed by atoms with E-state index in [0.717, 1.165) is 11.3 Å². The Labute approximate surface area is 101 Å². The number of benzene rings is 2. The second kappa shape index (κ2) is 3.76. The molecule has 0 saturated carbocycles. The van der Waals surface area contributed by atoms with Crippen LogP contribution in [0.3, 0.4) is 0 Å². The summed E-state index contributed by atoms with van der Waals surface area (Å²) in [7, 11) is 0. The van der Waals surface area contributed by atoms with Crippen molar-refractivity contribution in [3.05, 3.63) is 53.5 Å². The first-order valence-corrected chi connectivity index (χ1v) is 5.73. The minimum atomic E-state index is 0.510. The smallest absolute Gasteiger partial charge is 0.264 e. The third-order valence-corrected chi connectivity index (χ3v) is 2.91. The molecule has 0 atom stereocenters. The SMILES string of the molecule is Brc1nc(-c2cccc3ccccc23)co1. The number of halogens is 1. The van der Waals surface area contributed by atoms with E-state index in [1.807, 2.05) is 24.3 Å². The summed E-state index contributed by atoms with van der Waals surface area (Å²) in [6.07, 6.45) is 1.66. The second-order valence-electron chi connectivity index (χ2n) is 3.51. The molecule has 3 rings (SSSR count). The molecule has 0 unspecified atom stereocenters. The minimum absolute atomic E-state index is 0.510. The van der Waals surface area contributed by atoms with Crippen LogP contribution in [-0.2, 0) is 0 Å². The number of oxazole rings is 1. The molecule has 0 amide bonds. The van der Waals surface area contributed by atoms with E-state index < -0.39 is 0 Å². The van der Waals surface area contributed by atoms with Crippen molar-refractivity contribution in [2.45, 2.75) is 0 Å². The first kappa shape index (κ1) is 9.60. The van der Waals surface area contributed by atoms with Crippen LogP contribution in [0.5, 0.6) is 0 Å². The van der Waals surface area contributed by atoms with Crippen molar-refractivity contribution in [3.63, 3.8) is 0 Å². The van der Waals surface area contributed by atoms with Gasteiger partial charge in [-0.1, -0.05) is 42.5 Å². The van der Waals surface area contributed by atoms with Gasteiger partial charge < -0.3 is 4.42 Å². The molecule has 0 spiro atoms. The van der Waals surface area contributed by atoms with E-state index in [4.69, 9.17) is 4.42 Å². The first-order chi connectivity index (χ1) is 7.84. The normalized spacial score (nSPS) is 10.8. The lowest BCUT2D eigenvalue weighted by Crippen LogP contribution is -1.80. The van der Waals surface area contributed by atoms with Crippen LogP contribution in [0, 0.1) is 0 Å². The summed E-state index contributed by atoms with van der Waals surface area (Å²) in [6.45, 7) is 0. The van der Waals surface area contributed by atoms with Crippen LogP contribution in [0.15, 0.2) is 57.9 Å². The van der Waals surface area contributed by atoms with Crippen molar-refractivity contribution >= 4 is 26.7 Å². The number of nitrogens with zero attached hydrogens (tertiary/aromatic N) is 1. The van der Waals surface area contributed by atoms with Crippen LogP contribution >= 0.6 is 15.9 Å². The van der Waals surface area contributed by atoms with E-state index in [0.29, 0.717) is 4.80 Å². The van der Waals surface area contributed by atoms with Crippen molar-refractivity contribution in [1.82, 2.24) is 4.98 Å². The van der Waals surface area contributed by atoms with Gasteiger partial charge in [-0.2, -0.15) is 0 Å². The Bertz CT molecular complexity index is 640. The van der Waals surface area contributed by atoms with Gasteiger partial charge in [0, 0.05) is 21.5 Å². The van der Waals surface area contributed by atoms with Crippen LogP contribution in [0.2, 0.25) is 0 Å². The Morgan fingerprint density at radius 2 is 1.81 bits per heavy atom. The number of hydrogen-bond acceptors (Lipinski definition) is 2. The van der Waals surface area contributed by atoms with Crippen molar-refractivity contribution in [2.24, 2.45) is 0 Å². The molecule has 0 radical (unpaired) electrons. The Kier molecular flexibility index (Phi) is 2.26. The standard InChI is InChI=1S/C13H8BrNO/c14-13-15-12(8-16-13)11-7-3-5-9-4-1-2-6-10(9)11/h1-8H. The third kappa shape index (κ3) is 1.53. The van der Waals surface area contributed by atoms with E-state index in [1.165, 1.54) is 10.8 Å². The van der Waals surface area contributed by atoms with E-state index in [-0.39, 0.29) is 0 Å². The molecular weight excluding hydrogens is 266 g/mol. The van der Waals surface area contributed by atoms with Crippen molar-refractivity contribution in [3.8, 4) is 11.3 Å². The molecule has 1 aromatic heterocycles. The van der Waals surface area contributed by atoms with E-state index in [1.54, 1.807) is 6.26 Å². The second-order valence-corrected chi connectivity index (χ2v) is 4.19. The molecule has 0 aliphatic carbocycles. The number of fused-ring (bicyclic) bond motifs is 1. The van der Waals surface area contributed by atoms with Gasteiger partial charge in [0.15, 0.2) is 0 Å². The number of hydrogen-bond donors (Lipinski definition) is 0. The Morgan fingerprint density at radius 3 is 2.62 bits per heavy atom. The highest BCUT2D eigenvalue weighted by molar-refractivity contribution is 9.10. The van der Waals surface area contributed by atoms with Gasteiger partial charge in [0.05, 0.1) is 0 Å². The molecule has 2 nitrogen and oxygen atoms in total. The zero-order valence-electron chi connectivity index (χ0n) is 8.35. The maximum atomic E-state index is 5.17. The van der Waals surface area contributed by atoms with Crippen LogP contribution in [0.1, 0.15) is 0 Å². The van der Waals surface area contributed by atoms with Crippen molar-refractivity contribution in [1.29, 1.82) is 0 Å². The van der Waals surface area contributed by atoms with Gasteiger partial charge in [-0.05, 0) is 10.8 Å². The monoisotopic (exact) mass is 273 g/mol. The Morgan fingerprint density at radius 1 is 1.00 bits per heavy atom. The lowest BCUT2D eigenvalue weighted by molar-refractivity contribution is 0.529. The summed E-state index contributed by atoms with van der Waals surface area (Å²) in [4.78, 5) is 4.79. The third-order valence-electron chi connectivity index (χ3n) is 2.54. The lowest BCUT2D eigenvalue weighted by atomic mass is 10.0. The zero-order valence-corrected chi connectivity index (χ0v) is 9.94. The summed E-state index contributed by atoms with van der Waals surface area (Å²) < 4.78 is 5.17. The van der Waals surface area contributed by atoms with Crippen LogP contribution < -0.4 is 0 Å². The predicted molar refractivity (Wildman–Crippen MR) is 67.1 cm³/mol. The molecule has 3 aromatic rings. The summed E-state index contributed by atoms with van der Waals surface area (Å²) in [5.74, 6) is 0. The summed E-state index contributed by atoms with van der Waals surface area (Å²) >= 11 is 3.22. The predicted octanol–water partition coefficient (Wildman–Crippen LogP) is 4.26. The van der Waals surface area contributed by atoms with Crippen LogP contribution in [0.25, 0.3) is 22.0 Å². The van der Waals surface area contributed by atoms with Gasteiger partial charge in [0.2, 0.25) is 0 Å².